The van der Waals surface area contributed by atoms with Gasteiger partial charge in [-0.1, -0.05) is 53.5 Å². The van der Waals surface area contributed by atoms with Gasteiger partial charge in [-0.3, -0.25) is 0 Å². The molecule has 7 nitrogen and oxygen atoms in total. The maximum atomic E-state index is 13.9. The molecule has 1 saturated carbocycles. The standard InChI is InChI=1S/C32H38N2O5S2/c1-3-4-5-23-21-8-7-20-19-10-12-32(27(20)26(21)29(35)38-23)24-9-6-17(2)31(37)41-40-16-34-25-15-18(11-13-33-25)14-22(19)28(32)30(36)39-24/h5,9,11,15,17,19-20,27,31,33-34,37H,3-4,6-8,10,12-14,16H2,1-2H3/b23-5-,24-9-/t17-,19+,20+,27-,31-,32+/m1/s1. The van der Waals surface area contributed by atoms with Gasteiger partial charge in [-0.2, -0.15) is 0 Å². The van der Waals surface area contributed by atoms with Crippen molar-refractivity contribution in [2.24, 2.45) is 29.1 Å². The van der Waals surface area contributed by atoms with E-state index in [1.54, 1.807) is 10.8 Å². The number of ether oxygens (including phenoxy) is 2. The number of unbranched alkanes of at least 4 members (excludes halogenated alkanes) is 1. The second kappa shape index (κ2) is 10.7. The Labute approximate surface area is 249 Å². The lowest BCUT2D eigenvalue weighted by Crippen LogP contribution is -2.52. The molecule has 0 amide bonds. The first-order valence-electron chi connectivity index (χ1n) is 15.1. The van der Waals surface area contributed by atoms with E-state index < -0.39 is 10.9 Å². The van der Waals surface area contributed by atoms with E-state index in [2.05, 4.69) is 41.9 Å². The van der Waals surface area contributed by atoms with Crippen LogP contribution in [0, 0.1) is 29.1 Å². The molecule has 4 heterocycles. The van der Waals surface area contributed by atoms with Gasteiger partial charge >= 0.3 is 11.9 Å². The first-order valence-corrected chi connectivity index (χ1v) is 17.5. The van der Waals surface area contributed by atoms with Crippen molar-refractivity contribution in [1.82, 2.24) is 10.6 Å². The molecule has 3 N–H and O–H groups in total. The predicted octanol–water partition coefficient (Wildman–Crippen LogP) is 5.75. The number of carbonyl (C=O) groups excluding carboxylic acids is 2. The predicted molar refractivity (Wildman–Crippen MR) is 160 cm³/mol. The second-order valence-electron chi connectivity index (χ2n) is 12.3. The number of fused-ring (bicyclic) bond motifs is 2. The van der Waals surface area contributed by atoms with Gasteiger partial charge in [0.15, 0.2) is 0 Å². The van der Waals surface area contributed by atoms with Crippen LogP contribution in [0.1, 0.15) is 65.2 Å². The van der Waals surface area contributed by atoms with Crippen LogP contribution < -0.4 is 10.6 Å². The van der Waals surface area contributed by atoms with Gasteiger partial charge in [0.05, 0.1) is 22.7 Å². The van der Waals surface area contributed by atoms with Crippen molar-refractivity contribution in [2.75, 3.05) is 12.4 Å². The van der Waals surface area contributed by atoms with Crippen LogP contribution >= 0.6 is 21.6 Å². The minimum absolute atomic E-state index is 0.0334. The zero-order chi connectivity index (χ0) is 28.3. The SMILES string of the molecule is CCC/C=C1\OC(=O)C2=C1CC[C@H]1[C@@H]3CC[C@@]4(C5=C3CC3=CCNC(=C3)NCSS[C@@H](O)[C@H](C)C/C=C/4OC5=O)[C@@H]21. The van der Waals surface area contributed by atoms with Gasteiger partial charge in [-0.05, 0) is 86.5 Å². The van der Waals surface area contributed by atoms with Crippen molar-refractivity contribution in [3.8, 4) is 0 Å². The van der Waals surface area contributed by atoms with Crippen LogP contribution in [-0.4, -0.2) is 34.9 Å². The summed E-state index contributed by atoms with van der Waals surface area (Å²) in [5.41, 5.74) is 3.80. The highest BCUT2D eigenvalue weighted by Gasteiger charge is 2.68. The highest BCUT2D eigenvalue weighted by molar-refractivity contribution is 8.76. The molecule has 8 rings (SSSR count). The van der Waals surface area contributed by atoms with Crippen LogP contribution in [0.2, 0.25) is 0 Å². The van der Waals surface area contributed by atoms with E-state index in [0.29, 0.717) is 18.1 Å². The van der Waals surface area contributed by atoms with Gasteiger partial charge < -0.3 is 25.2 Å². The fourth-order valence-electron chi connectivity index (χ4n) is 8.32. The minimum Gasteiger partial charge on any atom is -0.427 e. The molecular weight excluding hydrogens is 556 g/mol. The minimum atomic E-state index is -0.659. The number of nitrogens with one attached hydrogen (secondary N) is 2. The van der Waals surface area contributed by atoms with Crippen molar-refractivity contribution in [3.63, 3.8) is 0 Å². The Morgan fingerprint density at radius 1 is 1.17 bits per heavy atom. The van der Waals surface area contributed by atoms with Crippen molar-refractivity contribution >= 4 is 33.5 Å². The molecular formula is C32H38N2O5S2. The normalized spacial score (nSPS) is 38.7. The van der Waals surface area contributed by atoms with E-state index in [1.807, 2.05) is 6.92 Å². The number of cyclic esters (lactones) is 1. The van der Waals surface area contributed by atoms with E-state index in [1.165, 1.54) is 21.9 Å². The molecule has 7 bridgehead atoms. The summed E-state index contributed by atoms with van der Waals surface area (Å²) in [6.07, 6.45) is 15.2. The summed E-state index contributed by atoms with van der Waals surface area (Å²) in [5, 5.41) is 17.7. The number of hydrogen-bond acceptors (Lipinski definition) is 9. The first kappa shape index (κ1) is 27.5. The molecule has 0 aromatic rings. The third kappa shape index (κ3) is 4.37. The van der Waals surface area contributed by atoms with Crippen LogP contribution in [0.15, 0.2) is 69.5 Å². The van der Waals surface area contributed by atoms with E-state index in [9.17, 15) is 14.7 Å². The third-order valence-corrected chi connectivity index (χ3v) is 12.5. The third-order valence-electron chi connectivity index (χ3n) is 10.1. The van der Waals surface area contributed by atoms with Gasteiger partial charge in [-0.25, -0.2) is 9.59 Å². The largest absolute Gasteiger partial charge is 0.427 e. The summed E-state index contributed by atoms with van der Waals surface area (Å²) in [7, 11) is 3.06. The van der Waals surface area contributed by atoms with Crippen LogP contribution in [0.4, 0.5) is 0 Å². The Morgan fingerprint density at radius 3 is 2.90 bits per heavy atom. The fourth-order valence-corrected chi connectivity index (χ4v) is 10.4. The fraction of sp³-hybridized carbons (Fsp3) is 0.562. The summed E-state index contributed by atoms with van der Waals surface area (Å²) < 4.78 is 12.1. The highest BCUT2D eigenvalue weighted by Crippen LogP contribution is 2.71. The van der Waals surface area contributed by atoms with Crippen LogP contribution in [-0.2, 0) is 19.1 Å². The molecule has 2 fully saturated rings. The lowest BCUT2D eigenvalue weighted by molar-refractivity contribution is -0.135. The number of carbonyl (C=O) groups is 2. The van der Waals surface area contributed by atoms with Crippen molar-refractivity contribution in [3.05, 3.63) is 69.5 Å². The van der Waals surface area contributed by atoms with E-state index in [-0.39, 0.29) is 35.6 Å². The Morgan fingerprint density at radius 2 is 2.05 bits per heavy atom. The number of aliphatic hydroxyl groups is 1. The van der Waals surface area contributed by atoms with Crippen molar-refractivity contribution in [2.45, 2.75) is 70.7 Å². The Kier molecular flexibility index (Phi) is 7.19. The second-order valence-corrected chi connectivity index (χ2v) is 14.8. The summed E-state index contributed by atoms with van der Waals surface area (Å²) in [6, 6.07) is 0. The summed E-state index contributed by atoms with van der Waals surface area (Å²) in [4.78, 5) is 27.5. The van der Waals surface area contributed by atoms with E-state index in [0.717, 1.165) is 79.8 Å². The van der Waals surface area contributed by atoms with Gasteiger partial charge in [-0.15, -0.1) is 0 Å². The maximum absolute atomic E-state index is 13.9. The molecule has 0 aromatic heterocycles. The zero-order valence-electron chi connectivity index (χ0n) is 23.7. The van der Waals surface area contributed by atoms with Crippen molar-refractivity contribution < 1.29 is 24.2 Å². The molecule has 41 heavy (non-hydrogen) atoms. The summed E-state index contributed by atoms with van der Waals surface area (Å²) in [5.74, 6) is 2.91. The number of dihydropyridines is 1. The molecule has 0 radical (unpaired) electrons. The number of aliphatic hydroxyl groups excluding tert-OH is 1. The lowest BCUT2D eigenvalue weighted by Gasteiger charge is -2.56. The molecule has 4 aliphatic heterocycles. The molecule has 6 atom stereocenters. The Bertz CT molecular complexity index is 1370. The summed E-state index contributed by atoms with van der Waals surface area (Å²) >= 11 is 0. The van der Waals surface area contributed by atoms with Crippen LogP contribution in [0.25, 0.3) is 0 Å². The van der Waals surface area contributed by atoms with Crippen molar-refractivity contribution in [1.29, 1.82) is 0 Å². The zero-order valence-corrected chi connectivity index (χ0v) is 25.3. The number of hydrogen-bond donors (Lipinski definition) is 3. The highest BCUT2D eigenvalue weighted by atomic mass is 33.1. The molecule has 218 valence electrons. The molecule has 9 heteroatoms. The van der Waals surface area contributed by atoms with E-state index >= 15 is 0 Å². The van der Waals surface area contributed by atoms with Gasteiger partial charge in [0, 0.05) is 23.6 Å². The molecule has 0 unspecified atom stereocenters. The van der Waals surface area contributed by atoms with Crippen LogP contribution in [0.3, 0.4) is 0 Å². The number of esters is 2. The number of allylic oxidation sites excluding steroid dienone is 7. The van der Waals surface area contributed by atoms with Gasteiger partial charge in [0.25, 0.3) is 0 Å². The Balaban J connectivity index is 1.40. The first-order chi connectivity index (χ1) is 19.9. The topological polar surface area (TPSA) is 96.9 Å². The van der Waals surface area contributed by atoms with Gasteiger partial charge in [0.2, 0.25) is 0 Å². The Hall–Kier alpha value is -2.36. The molecule has 1 saturated heterocycles. The van der Waals surface area contributed by atoms with E-state index in [4.69, 9.17) is 9.47 Å². The van der Waals surface area contributed by atoms with Gasteiger partial charge in [0.1, 0.15) is 17.0 Å². The molecule has 8 aliphatic rings. The summed E-state index contributed by atoms with van der Waals surface area (Å²) in [6.45, 7) is 4.88. The maximum Gasteiger partial charge on any atom is 0.340 e. The quantitative estimate of drug-likeness (QED) is 0.273. The average molecular weight is 595 g/mol. The molecule has 1 spiro atoms. The van der Waals surface area contributed by atoms with Crippen LogP contribution in [0.5, 0.6) is 0 Å². The molecule has 4 aliphatic carbocycles. The lowest BCUT2D eigenvalue weighted by atomic mass is 9.44. The molecule has 0 aromatic carbocycles. The monoisotopic (exact) mass is 594 g/mol. The average Bonchev–Trinajstić information content (AvgIpc) is 3.46. The number of rotatable bonds is 2. The smallest absolute Gasteiger partial charge is 0.340 e.